The highest BCUT2D eigenvalue weighted by Gasteiger charge is 2.25. The summed E-state index contributed by atoms with van der Waals surface area (Å²) in [7, 11) is -4.03. The van der Waals surface area contributed by atoms with Crippen LogP contribution < -0.4 is 5.73 Å². The first-order valence-corrected chi connectivity index (χ1v) is 5.28. The molecule has 0 radical (unpaired) electrons. The minimum atomic E-state index is -4.03. The van der Waals surface area contributed by atoms with E-state index in [0.29, 0.717) is 0 Å². The second-order valence-corrected chi connectivity index (χ2v) is 4.35. The molecule has 0 unspecified atom stereocenters. The Kier molecular flexibility index (Phi) is 2.92. The molecule has 1 aromatic carbocycles. The highest BCUT2D eigenvalue weighted by Crippen LogP contribution is 2.13. The van der Waals surface area contributed by atoms with Crippen molar-refractivity contribution in [3.8, 4) is 6.19 Å². The van der Waals surface area contributed by atoms with Gasteiger partial charge < -0.3 is 5.73 Å². The molecule has 0 amide bonds. The molecule has 0 fully saturated rings. The number of nitriles is 1. The summed E-state index contributed by atoms with van der Waals surface area (Å²) in [4.78, 5) is -0.0817. The van der Waals surface area contributed by atoms with Gasteiger partial charge in [-0.25, -0.2) is 0 Å². The molecule has 0 spiro atoms. The van der Waals surface area contributed by atoms with Crippen molar-refractivity contribution in [1.82, 2.24) is 4.31 Å². The summed E-state index contributed by atoms with van der Waals surface area (Å²) in [5, 5.41) is 15.5. The quantitative estimate of drug-likeness (QED) is 0.320. The monoisotopic (exact) mass is 224 g/mol. The number of rotatable bonds is 2. The van der Waals surface area contributed by atoms with Crippen LogP contribution in [-0.4, -0.2) is 18.7 Å². The SMILES string of the molecule is N#CN(C(=N)N)S(=O)(=O)c1ccccc1. The lowest BCUT2D eigenvalue weighted by Gasteiger charge is -2.12. The molecule has 0 aromatic heterocycles. The second kappa shape index (κ2) is 3.98. The average molecular weight is 224 g/mol. The molecule has 0 aliphatic carbocycles. The van der Waals surface area contributed by atoms with Crippen molar-refractivity contribution in [2.24, 2.45) is 5.73 Å². The first-order valence-electron chi connectivity index (χ1n) is 3.84. The molecular formula is C8H8N4O2S. The molecule has 0 aliphatic heterocycles. The molecule has 15 heavy (non-hydrogen) atoms. The van der Waals surface area contributed by atoms with Gasteiger partial charge in [-0.15, -0.1) is 4.31 Å². The lowest BCUT2D eigenvalue weighted by atomic mass is 10.4. The summed E-state index contributed by atoms with van der Waals surface area (Å²) in [6, 6.07) is 7.32. The van der Waals surface area contributed by atoms with Crippen LogP contribution in [0.15, 0.2) is 35.2 Å². The molecule has 6 nitrogen and oxygen atoms in total. The first kappa shape index (κ1) is 11.0. The Morgan fingerprint density at radius 1 is 1.40 bits per heavy atom. The molecule has 7 heteroatoms. The predicted octanol–water partition coefficient (Wildman–Crippen LogP) is 0.0518. The molecule has 0 heterocycles. The topological polar surface area (TPSA) is 111 Å². The highest BCUT2D eigenvalue weighted by molar-refractivity contribution is 7.89. The standard InChI is InChI=1S/C8H8N4O2S/c9-6-12(8(10)11)15(13,14)7-4-2-1-3-5-7/h1-5H,(H3,10,11). The maximum atomic E-state index is 11.7. The predicted molar refractivity (Wildman–Crippen MR) is 53.0 cm³/mol. The zero-order chi connectivity index (χ0) is 11.5. The summed E-state index contributed by atoms with van der Waals surface area (Å²) in [5.74, 6) is -0.832. The van der Waals surface area contributed by atoms with Crippen LogP contribution in [0.2, 0.25) is 0 Å². The highest BCUT2D eigenvalue weighted by atomic mass is 32.2. The van der Waals surface area contributed by atoms with Crippen molar-refractivity contribution in [2.45, 2.75) is 4.90 Å². The van der Waals surface area contributed by atoms with Crippen molar-refractivity contribution < 1.29 is 8.42 Å². The summed E-state index contributed by atoms with van der Waals surface area (Å²) < 4.78 is 23.5. The molecule has 0 saturated carbocycles. The number of hydrogen-bond acceptors (Lipinski definition) is 4. The lowest BCUT2D eigenvalue weighted by molar-refractivity contribution is 0.564. The molecule has 0 bridgehead atoms. The van der Waals surface area contributed by atoms with Crippen LogP contribution in [0.5, 0.6) is 0 Å². The van der Waals surface area contributed by atoms with E-state index in [9.17, 15) is 8.42 Å². The van der Waals surface area contributed by atoms with Gasteiger partial charge in [0.15, 0.2) is 0 Å². The van der Waals surface area contributed by atoms with E-state index in [2.05, 4.69) is 0 Å². The fourth-order valence-electron chi connectivity index (χ4n) is 0.935. The Morgan fingerprint density at radius 3 is 2.33 bits per heavy atom. The number of nitrogens with zero attached hydrogens (tertiary/aromatic N) is 2. The van der Waals surface area contributed by atoms with Crippen LogP contribution in [0.1, 0.15) is 0 Å². The fourth-order valence-corrected chi connectivity index (χ4v) is 2.01. The number of sulfonamides is 1. The number of benzene rings is 1. The molecule has 0 atom stereocenters. The van der Waals surface area contributed by atoms with Gasteiger partial charge in [0.2, 0.25) is 12.2 Å². The normalized spacial score (nSPS) is 10.3. The van der Waals surface area contributed by atoms with Crippen molar-refractivity contribution >= 4 is 16.0 Å². The Labute approximate surface area is 87.1 Å². The third-order valence-electron chi connectivity index (χ3n) is 1.59. The van der Waals surface area contributed by atoms with Gasteiger partial charge in [-0.2, -0.15) is 13.7 Å². The summed E-state index contributed by atoms with van der Waals surface area (Å²) in [6.45, 7) is 0. The van der Waals surface area contributed by atoms with E-state index in [1.165, 1.54) is 30.5 Å². The molecule has 0 saturated heterocycles. The third kappa shape index (κ3) is 2.05. The molecule has 1 aromatic rings. The van der Waals surface area contributed by atoms with Crippen LogP contribution in [0.3, 0.4) is 0 Å². The van der Waals surface area contributed by atoms with Gasteiger partial charge >= 0.3 is 0 Å². The number of nitrogens with one attached hydrogen (secondary N) is 1. The van der Waals surface area contributed by atoms with E-state index >= 15 is 0 Å². The largest absolute Gasteiger partial charge is 0.368 e. The summed E-state index contributed by atoms with van der Waals surface area (Å²) >= 11 is 0. The van der Waals surface area contributed by atoms with Gasteiger partial charge in [0.05, 0.1) is 4.90 Å². The van der Waals surface area contributed by atoms with Crippen LogP contribution in [0, 0.1) is 16.9 Å². The Bertz CT molecular complexity index is 503. The summed E-state index contributed by atoms with van der Waals surface area (Å²) in [6.07, 6.45) is 1.34. The minimum Gasteiger partial charge on any atom is -0.368 e. The molecule has 3 N–H and O–H groups in total. The fraction of sp³-hybridized carbons (Fsp3) is 0. The van der Waals surface area contributed by atoms with Gasteiger partial charge in [0.25, 0.3) is 10.0 Å². The van der Waals surface area contributed by atoms with Crippen molar-refractivity contribution in [3.63, 3.8) is 0 Å². The van der Waals surface area contributed by atoms with E-state index in [1.54, 1.807) is 6.07 Å². The number of hydrogen-bond donors (Lipinski definition) is 2. The molecule has 1 rings (SSSR count). The van der Waals surface area contributed by atoms with Crippen LogP contribution in [-0.2, 0) is 10.0 Å². The Morgan fingerprint density at radius 2 is 1.93 bits per heavy atom. The zero-order valence-corrected chi connectivity index (χ0v) is 8.40. The second-order valence-electron chi connectivity index (χ2n) is 2.57. The van der Waals surface area contributed by atoms with Gasteiger partial charge in [-0.1, -0.05) is 18.2 Å². The van der Waals surface area contributed by atoms with E-state index in [0.717, 1.165) is 0 Å². The first-order chi connectivity index (χ1) is 7.00. The molecular weight excluding hydrogens is 216 g/mol. The summed E-state index contributed by atoms with van der Waals surface area (Å²) in [5.41, 5.74) is 4.98. The van der Waals surface area contributed by atoms with E-state index in [1.807, 2.05) is 0 Å². The Hall–Kier alpha value is -2.07. The van der Waals surface area contributed by atoms with Crippen LogP contribution in [0.25, 0.3) is 0 Å². The minimum absolute atomic E-state index is 0.0817. The number of guanidine groups is 1. The third-order valence-corrected chi connectivity index (χ3v) is 3.22. The van der Waals surface area contributed by atoms with Crippen LogP contribution in [0.4, 0.5) is 0 Å². The molecule has 78 valence electrons. The van der Waals surface area contributed by atoms with Crippen molar-refractivity contribution in [2.75, 3.05) is 0 Å². The van der Waals surface area contributed by atoms with E-state index < -0.39 is 16.0 Å². The molecule has 0 aliphatic rings. The van der Waals surface area contributed by atoms with Gasteiger partial charge in [0, 0.05) is 0 Å². The van der Waals surface area contributed by atoms with E-state index in [-0.39, 0.29) is 9.20 Å². The van der Waals surface area contributed by atoms with E-state index in [4.69, 9.17) is 16.4 Å². The average Bonchev–Trinajstić information content (AvgIpc) is 2.19. The maximum Gasteiger partial charge on any atom is 0.279 e. The van der Waals surface area contributed by atoms with Crippen LogP contribution >= 0.6 is 0 Å². The van der Waals surface area contributed by atoms with Gasteiger partial charge in [-0.05, 0) is 12.1 Å². The zero-order valence-electron chi connectivity index (χ0n) is 7.58. The maximum absolute atomic E-state index is 11.7. The van der Waals surface area contributed by atoms with Crippen molar-refractivity contribution in [3.05, 3.63) is 30.3 Å². The van der Waals surface area contributed by atoms with Gasteiger partial charge in [0.1, 0.15) is 0 Å². The van der Waals surface area contributed by atoms with Crippen molar-refractivity contribution in [1.29, 1.82) is 10.7 Å². The van der Waals surface area contributed by atoms with Gasteiger partial charge in [-0.3, -0.25) is 5.41 Å². The smallest absolute Gasteiger partial charge is 0.279 e. The number of nitrogens with two attached hydrogens (primary N) is 1. The Balaban J connectivity index is 3.26. The lowest BCUT2D eigenvalue weighted by Crippen LogP contribution is -2.37.